The average molecular weight is 374 g/mol. The predicted octanol–water partition coefficient (Wildman–Crippen LogP) is 4.94. The zero-order chi connectivity index (χ0) is 16.7. The van der Waals surface area contributed by atoms with Crippen LogP contribution in [0.1, 0.15) is 26.0 Å². The van der Waals surface area contributed by atoms with Crippen LogP contribution in [0.15, 0.2) is 34.7 Å². The van der Waals surface area contributed by atoms with Crippen molar-refractivity contribution in [2.45, 2.75) is 32.9 Å². The second kappa shape index (κ2) is 10.6. The number of nitrogens with one attached hydrogen (secondary N) is 1. The number of halogens is 2. The number of furan rings is 1. The van der Waals surface area contributed by atoms with Crippen molar-refractivity contribution >= 4 is 24.0 Å². The van der Waals surface area contributed by atoms with Crippen LogP contribution in [0.2, 0.25) is 5.02 Å². The van der Waals surface area contributed by atoms with Gasteiger partial charge < -0.3 is 19.2 Å². The maximum Gasteiger partial charge on any atom is 0.137 e. The Bertz CT molecular complexity index is 614. The van der Waals surface area contributed by atoms with Gasteiger partial charge in [-0.2, -0.15) is 0 Å². The minimum Gasteiger partial charge on any atom is -0.495 e. The molecule has 0 amide bonds. The molecule has 24 heavy (non-hydrogen) atoms. The molecule has 134 valence electrons. The highest BCUT2D eigenvalue weighted by molar-refractivity contribution is 6.32. The SMILES string of the molecule is COc1ccc(-c2ccc(CNCCCOC(C)C)o2)cc1Cl.Cl. The van der Waals surface area contributed by atoms with Gasteiger partial charge in [-0.3, -0.25) is 0 Å². The predicted molar refractivity (Wildman–Crippen MR) is 100 cm³/mol. The van der Waals surface area contributed by atoms with E-state index in [-0.39, 0.29) is 12.4 Å². The number of ether oxygens (including phenoxy) is 2. The zero-order valence-electron chi connectivity index (χ0n) is 14.3. The molecular weight excluding hydrogens is 349 g/mol. The number of hydrogen-bond donors (Lipinski definition) is 1. The first-order valence-electron chi connectivity index (χ1n) is 7.85. The van der Waals surface area contributed by atoms with E-state index >= 15 is 0 Å². The first-order valence-corrected chi connectivity index (χ1v) is 8.23. The molecule has 1 heterocycles. The van der Waals surface area contributed by atoms with Crippen molar-refractivity contribution < 1.29 is 13.9 Å². The van der Waals surface area contributed by atoms with Crippen molar-refractivity contribution in [3.63, 3.8) is 0 Å². The lowest BCUT2D eigenvalue weighted by atomic mass is 10.2. The van der Waals surface area contributed by atoms with E-state index in [9.17, 15) is 0 Å². The van der Waals surface area contributed by atoms with Crippen LogP contribution in [0.3, 0.4) is 0 Å². The summed E-state index contributed by atoms with van der Waals surface area (Å²) in [6.07, 6.45) is 1.28. The third-order valence-electron chi connectivity index (χ3n) is 3.35. The Labute approximate surface area is 154 Å². The van der Waals surface area contributed by atoms with Crippen molar-refractivity contribution in [2.75, 3.05) is 20.3 Å². The fourth-order valence-corrected chi connectivity index (χ4v) is 2.43. The van der Waals surface area contributed by atoms with Crippen molar-refractivity contribution in [3.05, 3.63) is 41.1 Å². The fraction of sp³-hybridized carbons (Fsp3) is 0.444. The number of benzene rings is 1. The lowest BCUT2D eigenvalue weighted by molar-refractivity contribution is 0.0770. The summed E-state index contributed by atoms with van der Waals surface area (Å²) < 4.78 is 16.5. The number of rotatable bonds is 9. The zero-order valence-corrected chi connectivity index (χ0v) is 15.9. The minimum absolute atomic E-state index is 0. The van der Waals surface area contributed by atoms with Gasteiger partial charge in [0.15, 0.2) is 0 Å². The molecule has 1 aromatic heterocycles. The van der Waals surface area contributed by atoms with Crippen LogP contribution in [0, 0.1) is 0 Å². The first-order chi connectivity index (χ1) is 11.1. The molecule has 0 aliphatic carbocycles. The Hall–Kier alpha value is -1.20. The van der Waals surface area contributed by atoms with Crippen LogP contribution >= 0.6 is 24.0 Å². The van der Waals surface area contributed by atoms with Gasteiger partial charge in [0.05, 0.1) is 24.8 Å². The molecule has 2 rings (SSSR count). The monoisotopic (exact) mass is 373 g/mol. The molecule has 0 spiro atoms. The van der Waals surface area contributed by atoms with Gasteiger partial charge in [0.25, 0.3) is 0 Å². The minimum atomic E-state index is 0. The van der Waals surface area contributed by atoms with Crippen LogP contribution in [0.25, 0.3) is 11.3 Å². The van der Waals surface area contributed by atoms with Gasteiger partial charge in [-0.15, -0.1) is 12.4 Å². The van der Waals surface area contributed by atoms with E-state index < -0.39 is 0 Å². The van der Waals surface area contributed by atoms with E-state index in [1.165, 1.54) is 0 Å². The first kappa shape index (κ1) is 20.8. The van der Waals surface area contributed by atoms with E-state index in [2.05, 4.69) is 5.32 Å². The van der Waals surface area contributed by atoms with E-state index in [0.29, 0.717) is 23.4 Å². The van der Waals surface area contributed by atoms with E-state index in [0.717, 1.165) is 36.7 Å². The number of hydrogen-bond acceptors (Lipinski definition) is 4. The second-order valence-corrected chi connectivity index (χ2v) is 5.97. The highest BCUT2D eigenvalue weighted by atomic mass is 35.5. The highest BCUT2D eigenvalue weighted by Crippen LogP contribution is 2.31. The quantitative estimate of drug-likeness (QED) is 0.632. The summed E-state index contributed by atoms with van der Waals surface area (Å²) in [5.74, 6) is 2.36. The normalized spacial score (nSPS) is 10.7. The molecule has 0 saturated carbocycles. The molecule has 0 aliphatic rings. The van der Waals surface area contributed by atoms with Crippen LogP contribution in [-0.2, 0) is 11.3 Å². The highest BCUT2D eigenvalue weighted by Gasteiger charge is 2.08. The smallest absolute Gasteiger partial charge is 0.137 e. The maximum atomic E-state index is 6.15. The van der Waals surface area contributed by atoms with Crippen LogP contribution < -0.4 is 10.1 Å². The van der Waals surface area contributed by atoms with Gasteiger partial charge in [0, 0.05) is 12.2 Å². The van der Waals surface area contributed by atoms with Gasteiger partial charge in [0.2, 0.25) is 0 Å². The van der Waals surface area contributed by atoms with Crippen molar-refractivity contribution in [1.82, 2.24) is 5.32 Å². The van der Waals surface area contributed by atoms with E-state index in [1.807, 2.05) is 44.2 Å². The van der Waals surface area contributed by atoms with Gasteiger partial charge in [-0.05, 0) is 57.1 Å². The van der Waals surface area contributed by atoms with Gasteiger partial charge in [0.1, 0.15) is 17.3 Å². The second-order valence-electron chi connectivity index (χ2n) is 5.57. The molecule has 0 bridgehead atoms. The summed E-state index contributed by atoms with van der Waals surface area (Å²) in [5, 5.41) is 3.93. The van der Waals surface area contributed by atoms with Crippen LogP contribution in [0.4, 0.5) is 0 Å². The molecule has 0 unspecified atom stereocenters. The number of methoxy groups -OCH3 is 1. The topological polar surface area (TPSA) is 43.6 Å². The van der Waals surface area contributed by atoms with Crippen molar-refractivity contribution in [3.8, 4) is 17.1 Å². The van der Waals surface area contributed by atoms with Gasteiger partial charge in [-0.25, -0.2) is 0 Å². The standard InChI is InChI=1S/C18H24ClNO3.ClH/c1-13(2)22-10-4-9-20-12-15-6-8-17(23-15)14-5-7-18(21-3)16(19)11-14;/h5-8,11,13,20H,4,9-10,12H2,1-3H3;1H. The summed E-state index contributed by atoms with van der Waals surface area (Å²) >= 11 is 6.15. The third kappa shape index (κ3) is 6.36. The summed E-state index contributed by atoms with van der Waals surface area (Å²) in [6.45, 7) is 6.47. The molecule has 1 N–H and O–H groups in total. The van der Waals surface area contributed by atoms with Crippen LogP contribution in [0.5, 0.6) is 5.75 Å². The Balaban J connectivity index is 0.00000288. The molecule has 0 radical (unpaired) electrons. The Morgan fingerprint density at radius 3 is 2.67 bits per heavy atom. The fourth-order valence-electron chi connectivity index (χ4n) is 2.18. The molecule has 0 fully saturated rings. The average Bonchev–Trinajstić information content (AvgIpc) is 2.99. The molecule has 0 saturated heterocycles. The molecule has 2 aromatic rings. The molecule has 4 nitrogen and oxygen atoms in total. The summed E-state index contributed by atoms with van der Waals surface area (Å²) in [6, 6.07) is 9.55. The summed E-state index contributed by atoms with van der Waals surface area (Å²) in [7, 11) is 1.60. The Morgan fingerprint density at radius 1 is 1.21 bits per heavy atom. The third-order valence-corrected chi connectivity index (χ3v) is 3.64. The van der Waals surface area contributed by atoms with Crippen molar-refractivity contribution in [1.29, 1.82) is 0 Å². The van der Waals surface area contributed by atoms with Gasteiger partial charge in [-0.1, -0.05) is 11.6 Å². The lowest BCUT2D eigenvalue weighted by Gasteiger charge is -2.07. The van der Waals surface area contributed by atoms with Crippen LogP contribution in [-0.4, -0.2) is 26.4 Å². The Morgan fingerprint density at radius 2 is 2.00 bits per heavy atom. The maximum absolute atomic E-state index is 6.15. The molecule has 0 atom stereocenters. The largest absolute Gasteiger partial charge is 0.495 e. The molecule has 1 aromatic carbocycles. The van der Waals surface area contributed by atoms with Gasteiger partial charge >= 0.3 is 0 Å². The summed E-state index contributed by atoms with van der Waals surface area (Å²) in [5.41, 5.74) is 0.937. The van der Waals surface area contributed by atoms with E-state index in [4.69, 9.17) is 25.5 Å². The molecular formula is C18H25Cl2NO3. The Kier molecular flexibility index (Phi) is 9.22. The summed E-state index contributed by atoms with van der Waals surface area (Å²) in [4.78, 5) is 0. The molecule has 0 aliphatic heterocycles. The lowest BCUT2D eigenvalue weighted by Crippen LogP contribution is -2.17. The van der Waals surface area contributed by atoms with Crippen molar-refractivity contribution in [2.24, 2.45) is 0 Å². The molecule has 6 heteroatoms. The van der Waals surface area contributed by atoms with E-state index in [1.54, 1.807) is 7.11 Å².